The van der Waals surface area contributed by atoms with E-state index in [1.807, 2.05) is 6.92 Å². The molecule has 0 aliphatic heterocycles. The lowest BCUT2D eigenvalue weighted by Crippen LogP contribution is -2.15. The number of carbonyl (C=O) groups excluding carboxylic acids is 1. The van der Waals surface area contributed by atoms with Gasteiger partial charge in [0, 0.05) is 5.39 Å². The first kappa shape index (κ1) is 13.6. The van der Waals surface area contributed by atoms with Crippen molar-refractivity contribution in [1.29, 1.82) is 0 Å². The quantitative estimate of drug-likeness (QED) is 0.766. The van der Waals surface area contributed by atoms with Crippen LogP contribution in [0.5, 0.6) is 0 Å². The molecule has 1 aromatic carbocycles. The highest BCUT2D eigenvalue weighted by Gasteiger charge is 2.25. The van der Waals surface area contributed by atoms with Gasteiger partial charge in [0.2, 0.25) is 0 Å². The molecule has 1 unspecified atom stereocenters. The van der Waals surface area contributed by atoms with Gasteiger partial charge in [0.05, 0.1) is 6.61 Å². The number of para-hydroxylation sites is 1. The summed E-state index contributed by atoms with van der Waals surface area (Å²) < 4.78 is 24.1. The second-order valence-electron chi connectivity index (χ2n) is 4.40. The van der Waals surface area contributed by atoms with E-state index in [4.69, 9.17) is 9.15 Å². The average molecular weight is 264 g/mol. The van der Waals surface area contributed by atoms with Crippen LogP contribution in [0.3, 0.4) is 0 Å². The van der Waals surface area contributed by atoms with Gasteiger partial charge >= 0.3 is 5.97 Å². The molecule has 0 radical (unpaired) electrons. The van der Waals surface area contributed by atoms with Crippen molar-refractivity contribution in [2.45, 2.75) is 32.6 Å². The molecule has 0 aliphatic carbocycles. The zero-order valence-corrected chi connectivity index (χ0v) is 11.1. The fourth-order valence-electron chi connectivity index (χ4n) is 2.13. The van der Waals surface area contributed by atoms with E-state index in [2.05, 4.69) is 0 Å². The minimum absolute atomic E-state index is 0.197. The molecule has 0 bridgehead atoms. The molecule has 102 valence electrons. The van der Waals surface area contributed by atoms with Crippen molar-refractivity contribution in [1.82, 2.24) is 0 Å². The van der Waals surface area contributed by atoms with Crippen molar-refractivity contribution >= 4 is 16.9 Å². The Hall–Kier alpha value is -1.84. The summed E-state index contributed by atoms with van der Waals surface area (Å²) in [6, 6.07) is 6.44. The van der Waals surface area contributed by atoms with Crippen LogP contribution in [0.2, 0.25) is 0 Å². The molecule has 0 spiro atoms. The Morgan fingerprint density at radius 2 is 2.21 bits per heavy atom. The number of furan rings is 1. The standard InChI is InChI=1S/C15H17FO3/c1-3-6-11(15(17)18-4-2)13-9-10-7-5-8-12(16)14(10)19-13/h5,7-9,11H,3-4,6H2,1-2H3. The lowest BCUT2D eigenvalue weighted by Gasteiger charge is -2.11. The lowest BCUT2D eigenvalue weighted by molar-refractivity contribution is -0.145. The maximum atomic E-state index is 13.6. The molecule has 1 atom stereocenters. The van der Waals surface area contributed by atoms with Crippen molar-refractivity contribution in [3.63, 3.8) is 0 Å². The molecule has 0 N–H and O–H groups in total. The lowest BCUT2D eigenvalue weighted by atomic mass is 10.0. The number of benzene rings is 1. The van der Waals surface area contributed by atoms with Crippen molar-refractivity contribution in [2.24, 2.45) is 0 Å². The molecule has 1 aromatic heterocycles. The molecule has 0 amide bonds. The Morgan fingerprint density at radius 1 is 1.42 bits per heavy atom. The topological polar surface area (TPSA) is 39.4 Å². The summed E-state index contributed by atoms with van der Waals surface area (Å²) in [4.78, 5) is 11.9. The molecule has 4 heteroatoms. The van der Waals surface area contributed by atoms with Gasteiger partial charge in [-0.3, -0.25) is 4.79 Å². The maximum absolute atomic E-state index is 13.6. The zero-order chi connectivity index (χ0) is 13.8. The normalized spacial score (nSPS) is 12.6. The van der Waals surface area contributed by atoms with E-state index in [0.717, 1.165) is 6.42 Å². The van der Waals surface area contributed by atoms with Gasteiger partial charge in [0.25, 0.3) is 0 Å². The molecule has 2 aromatic rings. The summed E-state index contributed by atoms with van der Waals surface area (Å²) in [7, 11) is 0. The number of esters is 1. The predicted molar refractivity (Wildman–Crippen MR) is 70.5 cm³/mol. The monoisotopic (exact) mass is 264 g/mol. The van der Waals surface area contributed by atoms with Crippen LogP contribution in [0.1, 0.15) is 38.4 Å². The molecule has 2 rings (SSSR count). The Morgan fingerprint density at radius 3 is 2.84 bits per heavy atom. The first-order valence-corrected chi connectivity index (χ1v) is 6.52. The zero-order valence-electron chi connectivity index (χ0n) is 11.1. The van der Waals surface area contributed by atoms with Crippen LogP contribution in [0, 0.1) is 5.82 Å². The van der Waals surface area contributed by atoms with E-state index in [1.54, 1.807) is 25.1 Å². The Kier molecular flexibility index (Phi) is 4.20. The van der Waals surface area contributed by atoms with Crippen LogP contribution in [0.15, 0.2) is 28.7 Å². The van der Waals surface area contributed by atoms with Gasteiger partial charge < -0.3 is 9.15 Å². The largest absolute Gasteiger partial charge is 0.465 e. The minimum Gasteiger partial charge on any atom is -0.465 e. The van der Waals surface area contributed by atoms with Crippen LogP contribution in [-0.4, -0.2) is 12.6 Å². The van der Waals surface area contributed by atoms with E-state index >= 15 is 0 Å². The molecule has 0 fully saturated rings. The van der Waals surface area contributed by atoms with Crippen molar-refractivity contribution in [3.8, 4) is 0 Å². The van der Waals surface area contributed by atoms with Crippen LogP contribution in [-0.2, 0) is 9.53 Å². The summed E-state index contributed by atoms with van der Waals surface area (Å²) in [5.74, 6) is -0.719. The van der Waals surface area contributed by atoms with Crippen LogP contribution in [0.4, 0.5) is 4.39 Å². The summed E-state index contributed by atoms with van der Waals surface area (Å²) >= 11 is 0. The Bertz CT molecular complexity index is 574. The number of halogens is 1. The molecular formula is C15H17FO3. The van der Waals surface area contributed by atoms with Gasteiger partial charge in [0.1, 0.15) is 11.7 Å². The molecule has 3 nitrogen and oxygen atoms in total. The van der Waals surface area contributed by atoms with Gasteiger partial charge in [-0.1, -0.05) is 25.5 Å². The first-order chi connectivity index (χ1) is 9.17. The Balaban J connectivity index is 2.38. The maximum Gasteiger partial charge on any atom is 0.316 e. The van der Waals surface area contributed by atoms with E-state index in [9.17, 15) is 9.18 Å². The number of ether oxygens (including phenoxy) is 1. The van der Waals surface area contributed by atoms with Gasteiger partial charge in [-0.15, -0.1) is 0 Å². The average Bonchev–Trinajstić information content (AvgIpc) is 2.81. The van der Waals surface area contributed by atoms with Crippen LogP contribution in [0.25, 0.3) is 11.0 Å². The molecule has 0 saturated heterocycles. The molecular weight excluding hydrogens is 247 g/mol. The Labute approximate surface area is 111 Å². The predicted octanol–water partition coefficient (Wildman–Crippen LogP) is 4.02. The number of carbonyl (C=O) groups is 1. The molecule has 19 heavy (non-hydrogen) atoms. The first-order valence-electron chi connectivity index (χ1n) is 6.52. The fourth-order valence-corrected chi connectivity index (χ4v) is 2.13. The number of hydrogen-bond donors (Lipinski definition) is 0. The second-order valence-corrected chi connectivity index (χ2v) is 4.40. The van der Waals surface area contributed by atoms with Crippen LogP contribution < -0.4 is 0 Å². The van der Waals surface area contributed by atoms with Crippen molar-refractivity contribution < 1.29 is 18.3 Å². The van der Waals surface area contributed by atoms with Crippen LogP contribution >= 0.6 is 0 Å². The number of hydrogen-bond acceptors (Lipinski definition) is 3. The number of fused-ring (bicyclic) bond motifs is 1. The van der Waals surface area contributed by atoms with E-state index in [0.29, 0.717) is 24.2 Å². The van der Waals surface area contributed by atoms with Gasteiger partial charge in [0.15, 0.2) is 11.4 Å². The summed E-state index contributed by atoms with van der Waals surface area (Å²) in [6.07, 6.45) is 1.45. The molecule has 0 saturated carbocycles. The van der Waals surface area contributed by atoms with Crippen molar-refractivity contribution in [3.05, 3.63) is 35.8 Å². The summed E-state index contributed by atoms with van der Waals surface area (Å²) in [5.41, 5.74) is 0.197. The van der Waals surface area contributed by atoms with E-state index < -0.39 is 11.7 Å². The SMILES string of the molecule is CCCC(C(=O)OCC)c1cc2cccc(F)c2o1. The molecule has 0 aliphatic rings. The number of rotatable bonds is 5. The van der Waals surface area contributed by atoms with Gasteiger partial charge in [-0.2, -0.15) is 0 Å². The highest BCUT2D eigenvalue weighted by molar-refractivity contribution is 5.82. The van der Waals surface area contributed by atoms with Gasteiger partial charge in [-0.25, -0.2) is 4.39 Å². The van der Waals surface area contributed by atoms with Gasteiger partial charge in [-0.05, 0) is 25.5 Å². The third-order valence-electron chi connectivity index (χ3n) is 3.01. The third-order valence-corrected chi connectivity index (χ3v) is 3.01. The third kappa shape index (κ3) is 2.78. The second kappa shape index (κ2) is 5.87. The summed E-state index contributed by atoms with van der Waals surface area (Å²) in [5, 5.41) is 0.667. The summed E-state index contributed by atoms with van der Waals surface area (Å²) in [6.45, 7) is 4.07. The smallest absolute Gasteiger partial charge is 0.316 e. The fraction of sp³-hybridized carbons (Fsp3) is 0.400. The van der Waals surface area contributed by atoms with Crippen molar-refractivity contribution in [2.75, 3.05) is 6.61 Å². The minimum atomic E-state index is -0.461. The highest BCUT2D eigenvalue weighted by atomic mass is 19.1. The van der Waals surface area contributed by atoms with E-state index in [-0.39, 0.29) is 11.6 Å². The highest BCUT2D eigenvalue weighted by Crippen LogP contribution is 2.30. The molecule has 1 heterocycles. The van der Waals surface area contributed by atoms with E-state index in [1.165, 1.54) is 6.07 Å².